The molecule has 4 nitrogen and oxygen atoms in total. The maximum atomic E-state index is 11.6. The quantitative estimate of drug-likeness (QED) is 0.867. The third-order valence-electron chi connectivity index (χ3n) is 1.90. The molecule has 1 aromatic carbocycles. The van der Waals surface area contributed by atoms with E-state index in [-0.39, 0.29) is 5.56 Å². The van der Waals surface area contributed by atoms with Crippen molar-refractivity contribution < 1.29 is 9.59 Å². The van der Waals surface area contributed by atoms with Crippen molar-refractivity contribution in [1.29, 1.82) is 0 Å². The zero-order valence-corrected chi connectivity index (χ0v) is 9.97. The molecule has 0 saturated heterocycles. The van der Waals surface area contributed by atoms with Crippen LogP contribution in [0.2, 0.25) is 10.0 Å². The molecule has 0 radical (unpaired) electrons. The van der Waals surface area contributed by atoms with Gasteiger partial charge >= 0.3 is 0 Å². The molecular weight excluding hydrogens is 251 g/mol. The van der Waals surface area contributed by atoms with Crippen molar-refractivity contribution in [1.82, 2.24) is 5.32 Å². The average Bonchev–Trinajstić information content (AvgIpc) is 2.15. The van der Waals surface area contributed by atoms with Crippen LogP contribution < -0.4 is 11.1 Å². The van der Waals surface area contributed by atoms with Crippen LogP contribution in [-0.4, -0.2) is 17.9 Å². The number of nitrogens with two attached hydrogens (primary N) is 1. The van der Waals surface area contributed by atoms with Gasteiger partial charge in [0.2, 0.25) is 5.91 Å². The first-order valence-corrected chi connectivity index (χ1v) is 5.22. The summed E-state index contributed by atoms with van der Waals surface area (Å²) in [6.07, 6.45) is 0. The van der Waals surface area contributed by atoms with Crippen molar-refractivity contribution in [2.75, 3.05) is 0 Å². The van der Waals surface area contributed by atoms with Gasteiger partial charge in [-0.3, -0.25) is 9.59 Å². The molecule has 1 atom stereocenters. The van der Waals surface area contributed by atoms with Crippen LogP contribution in [0.1, 0.15) is 17.3 Å². The monoisotopic (exact) mass is 260 g/mol. The average molecular weight is 261 g/mol. The highest BCUT2D eigenvalue weighted by Crippen LogP contribution is 2.18. The van der Waals surface area contributed by atoms with E-state index >= 15 is 0 Å². The first-order valence-electron chi connectivity index (χ1n) is 4.46. The zero-order chi connectivity index (χ0) is 12.3. The number of hydrogen-bond donors (Lipinski definition) is 2. The van der Waals surface area contributed by atoms with E-state index in [1.807, 2.05) is 0 Å². The van der Waals surface area contributed by atoms with Crippen LogP contribution in [-0.2, 0) is 4.79 Å². The first kappa shape index (κ1) is 12.8. The van der Waals surface area contributed by atoms with Crippen LogP contribution >= 0.6 is 23.2 Å². The lowest BCUT2D eigenvalue weighted by Crippen LogP contribution is -2.42. The Morgan fingerprint density at radius 1 is 1.25 bits per heavy atom. The van der Waals surface area contributed by atoms with Gasteiger partial charge in [0.1, 0.15) is 6.04 Å². The third-order valence-corrected chi connectivity index (χ3v) is 2.34. The topological polar surface area (TPSA) is 72.2 Å². The lowest BCUT2D eigenvalue weighted by molar-refractivity contribution is -0.119. The minimum atomic E-state index is -0.745. The van der Waals surface area contributed by atoms with Crippen molar-refractivity contribution in [2.45, 2.75) is 13.0 Å². The molecule has 0 saturated carbocycles. The minimum Gasteiger partial charge on any atom is -0.368 e. The highest BCUT2D eigenvalue weighted by atomic mass is 35.5. The normalized spacial score (nSPS) is 11.9. The van der Waals surface area contributed by atoms with Gasteiger partial charge in [-0.25, -0.2) is 0 Å². The van der Waals surface area contributed by atoms with Crippen LogP contribution in [0.15, 0.2) is 18.2 Å². The number of hydrogen-bond acceptors (Lipinski definition) is 2. The Hall–Kier alpha value is -1.26. The summed E-state index contributed by atoms with van der Waals surface area (Å²) in [5.41, 5.74) is 5.30. The summed E-state index contributed by atoms with van der Waals surface area (Å²) in [5.74, 6) is -1.06. The Balaban J connectivity index is 2.84. The summed E-state index contributed by atoms with van der Waals surface area (Å²) in [6.45, 7) is 1.49. The van der Waals surface area contributed by atoms with E-state index in [2.05, 4.69) is 5.32 Å². The molecule has 6 heteroatoms. The molecule has 16 heavy (non-hydrogen) atoms. The molecule has 86 valence electrons. The van der Waals surface area contributed by atoms with Crippen molar-refractivity contribution >= 4 is 35.0 Å². The highest BCUT2D eigenvalue weighted by Gasteiger charge is 2.14. The number of carbonyl (C=O) groups is 2. The molecule has 0 bridgehead atoms. The van der Waals surface area contributed by atoms with Crippen LogP contribution in [0.5, 0.6) is 0 Å². The summed E-state index contributed by atoms with van der Waals surface area (Å²) >= 11 is 11.5. The SMILES string of the molecule is CC(NC(=O)c1cc(Cl)cc(Cl)c1)C(N)=O. The van der Waals surface area contributed by atoms with Crippen LogP contribution in [0, 0.1) is 0 Å². The number of rotatable bonds is 3. The number of nitrogens with one attached hydrogen (secondary N) is 1. The Morgan fingerprint density at radius 2 is 1.75 bits per heavy atom. The minimum absolute atomic E-state index is 0.283. The molecule has 1 aromatic rings. The summed E-state index contributed by atoms with van der Waals surface area (Å²) in [5, 5.41) is 3.12. The summed E-state index contributed by atoms with van der Waals surface area (Å²) in [4.78, 5) is 22.4. The predicted octanol–water partition coefficient (Wildman–Crippen LogP) is 1.60. The Morgan fingerprint density at radius 3 is 2.19 bits per heavy atom. The molecule has 0 heterocycles. The Kier molecular flexibility index (Phi) is 4.15. The molecule has 0 aliphatic carbocycles. The van der Waals surface area contributed by atoms with Crippen LogP contribution in [0.3, 0.4) is 0 Å². The molecule has 1 unspecified atom stereocenters. The smallest absolute Gasteiger partial charge is 0.252 e. The second-order valence-electron chi connectivity index (χ2n) is 3.26. The number of halogens is 2. The molecule has 0 aliphatic heterocycles. The summed E-state index contributed by atoms with van der Waals surface area (Å²) in [7, 11) is 0. The van der Waals surface area contributed by atoms with E-state index in [4.69, 9.17) is 28.9 Å². The van der Waals surface area contributed by atoms with Crippen molar-refractivity contribution in [3.05, 3.63) is 33.8 Å². The van der Waals surface area contributed by atoms with Crippen molar-refractivity contribution in [2.24, 2.45) is 5.73 Å². The molecule has 3 N–H and O–H groups in total. The third kappa shape index (κ3) is 3.40. The van der Waals surface area contributed by atoms with Gasteiger partial charge in [-0.05, 0) is 25.1 Å². The Bertz CT molecular complexity index is 415. The van der Waals surface area contributed by atoms with Gasteiger partial charge in [-0.1, -0.05) is 23.2 Å². The molecule has 0 aromatic heterocycles. The fourth-order valence-corrected chi connectivity index (χ4v) is 1.56. The van der Waals surface area contributed by atoms with E-state index < -0.39 is 17.9 Å². The van der Waals surface area contributed by atoms with Gasteiger partial charge in [0.25, 0.3) is 5.91 Å². The largest absolute Gasteiger partial charge is 0.368 e. The summed E-state index contributed by atoms with van der Waals surface area (Å²) in [6, 6.07) is 3.68. The lowest BCUT2D eigenvalue weighted by Gasteiger charge is -2.10. The van der Waals surface area contributed by atoms with Crippen molar-refractivity contribution in [3.63, 3.8) is 0 Å². The standard InChI is InChI=1S/C10H10Cl2N2O2/c1-5(9(13)15)14-10(16)6-2-7(11)4-8(12)3-6/h2-5H,1H3,(H2,13,15)(H,14,16). The highest BCUT2D eigenvalue weighted by molar-refractivity contribution is 6.35. The maximum absolute atomic E-state index is 11.6. The number of amides is 2. The van der Waals surface area contributed by atoms with Gasteiger partial charge in [-0.15, -0.1) is 0 Å². The number of primary amides is 1. The van der Waals surface area contributed by atoms with Gasteiger partial charge in [0.15, 0.2) is 0 Å². The molecular formula is C10H10Cl2N2O2. The number of benzene rings is 1. The molecule has 0 fully saturated rings. The molecule has 0 aliphatic rings. The van der Waals surface area contributed by atoms with Gasteiger partial charge < -0.3 is 11.1 Å². The van der Waals surface area contributed by atoms with Gasteiger partial charge in [0, 0.05) is 15.6 Å². The van der Waals surface area contributed by atoms with E-state index in [1.165, 1.54) is 25.1 Å². The lowest BCUT2D eigenvalue weighted by atomic mass is 10.2. The van der Waals surface area contributed by atoms with Gasteiger partial charge in [0.05, 0.1) is 0 Å². The van der Waals surface area contributed by atoms with E-state index in [1.54, 1.807) is 0 Å². The number of carbonyl (C=O) groups excluding carboxylic acids is 2. The second kappa shape index (κ2) is 5.18. The fraction of sp³-hybridized carbons (Fsp3) is 0.200. The van der Waals surface area contributed by atoms with Gasteiger partial charge in [-0.2, -0.15) is 0 Å². The van der Waals surface area contributed by atoms with Crippen molar-refractivity contribution in [3.8, 4) is 0 Å². The molecule has 1 rings (SSSR count). The second-order valence-corrected chi connectivity index (χ2v) is 4.13. The fourth-order valence-electron chi connectivity index (χ4n) is 1.04. The molecule has 2 amide bonds. The summed E-state index contributed by atoms with van der Waals surface area (Å²) < 4.78 is 0. The van der Waals surface area contributed by atoms with E-state index in [9.17, 15) is 9.59 Å². The van der Waals surface area contributed by atoms with E-state index in [0.29, 0.717) is 10.0 Å². The zero-order valence-electron chi connectivity index (χ0n) is 8.46. The van der Waals surface area contributed by atoms with Crippen LogP contribution in [0.25, 0.3) is 0 Å². The van der Waals surface area contributed by atoms with Crippen LogP contribution in [0.4, 0.5) is 0 Å². The Labute approximate surface area is 103 Å². The first-order chi connectivity index (χ1) is 7.40. The maximum Gasteiger partial charge on any atom is 0.252 e. The predicted molar refractivity (Wildman–Crippen MR) is 62.6 cm³/mol. The molecule has 0 spiro atoms. The van der Waals surface area contributed by atoms with E-state index in [0.717, 1.165) is 0 Å².